The van der Waals surface area contributed by atoms with E-state index in [-0.39, 0.29) is 0 Å². The highest BCUT2D eigenvalue weighted by Gasteiger charge is 2.12. The molecule has 0 aliphatic heterocycles. The van der Waals surface area contributed by atoms with Crippen molar-refractivity contribution in [1.29, 1.82) is 0 Å². The molecule has 0 spiro atoms. The third-order valence-electron chi connectivity index (χ3n) is 2.52. The number of carbonyl (C=O) groups is 1. The zero-order chi connectivity index (χ0) is 14.0. The molecule has 0 bridgehead atoms. The van der Waals surface area contributed by atoms with Crippen LogP contribution in [-0.4, -0.2) is 5.91 Å². The highest BCUT2D eigenvalue weighted by Crippen LogP contribution is 2.33. The standard InChI is InChI=1S/C14H11BrClNO2/c1-8-2-4-10(14(17)18)12(6-8)19-13-7-9(15)3-5-11(13)16/h2-7H,1H3,(H2,17,18). The van der Waals surface area contributed by atoms with Crippen molar-refractivity contribution in [2.45, 2.75) is 6.92 Å². The Labute approximate surface area is 124 Å². The topological polar surface area (TPSA) is 52.3 Å². The number of halogens is 2. The van der Waals surface area contributed by atoms with Crippen molar-refractivity contribution >= 4 is 33.4 Å². The van der Waals surface area contributed by atoms with Crippen molar-refractivity contribution in [3.8, 4) is 11.5 Å². The fourth-order valence-corrected chi connectivity index (χ4v) is 2.09. The molecule has 0 saturated heterocycles. The predicted molar refractivity (Wildman–Crippen MR) is 78.9 cm³/mol. The number of carbonyl (C=O) groups excluding carboxylic acids is 1. The van der Waals surface area contributed by atoms with E-state index in [1.54, 1.807) is 36.4 Å². The van der Waals surface area contributed by atoms with Gasteiger partial charge in [0.05, 0.1) is 10.6 Å². The van der Waals surface area contributed by atoms with Crippen LogP contribution < -0.4 is 10.5 Å². The summed E-state index contributed by atoms with van der Waals surface area (Å²) in [4.78, 5) is 11.4. The number of hydrogen-bond acceptors (Lipinski definition) is 2. The molecule has 0 fully saturated rings. The van der Waals surface area contributed by atoms with Gasteiger partial charge < -0.3 is 10.5 Å². The largest absolute Gasteiger partial charge is 0.455 e. The van der Waals surface area contributed by atoms with Gasteiger partial charge in [-0.1, -0.05) is 33.6 Å². The smallest absolute Gasteiger partial charge is 0.252 e. The summed E-state index contributed by atoms with van der Waals surface area (Å²) in [6, 6.07) is 10.4. The average molecular weight is 341 g/mol. The number of ether oxygens (including phenoxy) is 1. The Morgan fingerprint density at radius 3 is 2.63 bits per heavy atom. The van der Waals surface area contributed by atoms with Crippen molar-refractivity contribution < 1.29 is 9.53 Å². The Morgan fingerprint density at radius 2 is 1.95 bits per heavy atom. The first kappa shape index (κ1) is 13.9. The molecule has 2 aromatic carbocycles. The SMILES string of the molecule is Cc1ccc(C(N)=O)c(Oc2cc(Br)ccc2Cl)c1. The van der Waals surface area contributed by atoms with Crippen LogP contribution in [0.15, 0.2) is 40.9 Å². The molecule has 0 aliphatic carbocycles. The molecule has 0 radical (unpaired) electrons. The number of benzene rings is 2. The summed E-state index contributed by atoms with van der Waals surface area (Å²) >= 11 is 9.40. The molecule has 0 aromatic heterocycles. The number of hydrogen-bond donors (Lipinski definition) is 1. The molecule has 5 heteroatoms. The lowest BCUT2D eigenvalue weighted by molar-refractivity contribution is 0.0998. The fourth-order valence-electron chi connectivity index (χ4n) is 1.59. The van der Waals surface area contributed by atoms with E-state index in [1.165, 1.54) is 0 Å². The summed E-state index contributed by atoms with van der Waals surface area (Å²) in [5.74, 6) is 0.317. The van der Waals surface area contributed by atoms with Gasteiger partial charge in [-0.05, 0) is 42.8 Å². The molecular formula is C14H11BrClNO2. The first-order valence-electron chi connectivity index (χ1n) is 5.51. The van der Waals surface area contributed by atoms with Crippen molar-refractivity contribution in [3.63, 3.8) is 0 Å². The summed E-state index contributed by atoms with van der Waals surface area (Å²) in [6.45, 7) is 1.90. The summed E-state index contributed by atoms with van der Waals surface area (Å²) in [5, 5.41) is 0.458. The van der Waals surface area contributed by atoms with Gasteiger partial charge >= 0.3 is 0 Å². The van der Waals surface area contributed by atoms with E-state index in [0.29, 0.717) is 22.1 Å². The second kappa shape index (κ2) is 5.63. The van der Waals surface area contributed by atoms with E-state index in [2.05, 4.69) is 15.9 Å². The molecule has 19 heavy (non-hydrogen) atoms. The third kappa shape index (κ3) is 3.28. The number of rotatable bonds is 3. The zero-order valence-corrected chi connectivity index (χ0v) is 12.5. The van der Waals surface area contributed by atoms with E-state index in [4.69, 9.17) is 22.1 Å². The van der Waals surface area contributed by atoms with Crippen molar-refractivity contribution in [2.24, 2.45) is 5.73 Å². The summed E-state index contributed by atoms with van der Waals surface area (Å²) in [5.41, 5.74) is 6.61. The summed E-state index contributed by atoms with van der Waals surface area (Å²) < 4.78 is 6.53. The van der Waals surface area contributed by atoms with Gasteiger partial charge in [-0.25, -0.2) is 0 Å². The monoisotopic (exact) mass is 339 g/mol. The molecule has 2 aromatic rings. The Bertz CT molecular complexity index is 643. The first-order valence-corrected chi connectivity index (χ1v) is 6.68. The van der Waals surface area contributed by atoms with Crippen LogP contribution in [0, 0.1) is 6.92 Å². The second-order valence-corrected chi connectivity index (χ2v) is 5.36. The second-order valence-electron chi connectivity index (χ2n) is 4.04. The van der Waals surface area contributed by atoms with Crippen molar-refractivity contribution in [3.05, 3.63) is 57.0 Å². The van der Waals surface area contributed by atoms with Crippen LogP contribution in [0.2, 0.25) is 5.02 Å². The molecule has 98 valence electrons. The molecule has 0 heterocycles. The minimum atomic E-state index is -0.541. The maximum atomic E-state index is 11.4. The zero-order valence-electron chi connectivity index (χ0n) is 10.1. The minimum Gasteiger partial charge on any atom is -0.455 e. The maximum absolute atomic E-state index is 11.4. The van der Waals surface area contributed by atoms with Crippen LogP contribution >= 0.6 is 27.5 Å². The van der Waals surface area contributed by atoms with Crippen LogP contribution in [-0.2, 0) is 0 Å². The van der Waals surface area contributed by atoms with Gasteiger partial charge in [0.2, 0.25) is 0 Å². The van der Waals surface area contributed by atoms with Gasteiger partial charge in [0, 0.05) is 4.47 Å². The summed E-state index contributed by atoms with van der Waals surface area (Å²) in [6.07, 6.45) is 0. The Morgan fingerprint density at radius 1 is 1.21 bits per heavy atom. The highest BCUT2D eigenvalue weighted by molar-refractivity contribution is 9.10. The Hall–Kier alpha value is -1.52. The van der Waals surface area contributed by atoms with Crippen molar-refractivity contribution in [1.82, 2.24) is 0 Å². The van der Waals surface area contributed by atoms with Crippen molar-refractivity contribution in [2.75, 3.05) is 0 Å². The quantitative estimate of drug-likeness (QED) is 0.905. The van der Waals surface area contributed by atoms with Crippen LogP contribution in [0.5, 0.6) is 11.5 Å². The van der Waals surface area contributed by atoms with E-state index >= 15 is 0 Å². The number of amides is 1. The van der Waals surface area contributed by atoms with Gasteiger partial charge in [-0.15, -0.1) is 0 Å². The van der Waals surface area contributed by atoms with Gasteiger partial charge in [-0.2, -0.15) is 0 Å². The van der Waals surface area contributed by atoms with E-state index in [1.807, 2.05) is 6.92 Å². The fraction of sp³-hybridized carbons (Fsp3) is 0.0714. The van der Waals surface area contributed by atoms with Gasteiger partial charge in [0.25, 0.3) is 5.91 Å². The molecule has 2 rings (SSSR count). The molecule has 0 unspecified atom stereocenters. The van der Waals surface area contributed by atoms with E-state index < -0.39 is 5.91 Å². The Kier molecular flexibility index (Phi) is 4.12. The van der Waals surface area contributed by atoms with Crippen LogP contribution in [0.25, 0.3) is 0 Å². The molecule has 0 atom stereocenters. The maximum Gasteiger partial charge on any atom is 0.252 e. The van der Waals surface area contributed by atoms with Gasteiger partial charge in [0.1, 0.15) is 11.5 Å². The van der Waals surface area contributed by atoms with Crippen LogP contribution in [0.3, 0.4) is 0 Å². The molecule has 0 aliphatic rings. The Balaban J connectivity index is 2.45. The molecule has 0 saturated carbocycles. The average Bonchev–Trinajstić information content (AvgIpc) is 2.33. The number of aryl methyl sites for hydroxylation is 1. The lowest BCUT2D eigenvalue weighted by Crippen LogP contribution is -2.12. The molecule has 2 N–H and O–H groups in total. The van der Waals surface area contributed by atoms with Gasteiger partial charge in [-0.3, -0.25) is 4.79 Å². The normalized spacial score (nSPS) is 10.3. The van der Waals surface area contributed by atoms with Crippen LogP contribution in [0.1, 0.15) is 15.9 Å². The van der Waals surface area contributed by atoms with Gasteiger partial charge in [0.15, 0.2) is 0 Å². The van der Waals surface area contributed by atoms with E-state index in [9.17, 15) is 4.79 Å². The third-order valence-corrected chi connectivity index (χ3v) is 3.32. The first-order chi connectivity index (χ1) is 8.97. The number of nitrogens with two attached hydrogens (primary N) is 1. The lowest BCUT2D eigenvalue weighted by atomic mass is 10.1. The molecule has 1 amide bonds. The lowest BCUT2D eigenvalue weighted by Gasteiger charge is -2.11. The molecular weight excluding hydrogens is 330 g/mol. The highest BCUT2D eigenvalue weighted by atomic mass is 79.9. The van der Waals surface area contributed by atoms with Crippen LogP contribution in [0.4, 0.5) is 0 Å². The number of primary amides is 1. The summed E-state index contributed by atoms with van der Waals surface area (Å²) in [7, 11) is 0. The van der Waals surface area contributed by atoms with E-state index in [0.717, 1.165) is 10.0 Å². The minimum absolute atomic E-state index is 0.321. The predicted octanol–water partition coefficient (Wildman–Crippen LogP) is 4.30. The molecule has 3 nitrogen and oxygen atoms in total.